The molecule has 1 aliphatic rings. The van der Waals surface area contributed by atoms with E-state index < -0.39 is 0 Å². The zero-order valence-electron chi connectivity index (χ0n) is 15.2. The number of carbonyl (C=O) groups excluding carboxylic acids is 1. The number of nitrogens with one attached hydrogen (secondary N) is 1. The van der Waals surface area contributed by atoms with E-state index in [0.29, 0.717) is 23.7 Å². The molecule has 138 valence electrons. The molecule has 0 aliphatic heterocycles. The molecular weight excluding hydrogens is 344 g/mol. The van der Waals surface area contributed by atoms with Crippen LogP contribution < -0.4 is 10.9 Å². The molecule has 1 amide bonds. The number of amides is 1. The van der Waals surface area contributed by atoms with Crippen LogP contribution in [0.5, 0.6) is 0 Å². The van der Waals surface area contributed by atoms with Gasteiger partial charge >= 0.3 is 0 Å². The van der Waals surface area contributed by atoms with Crippen molar-refractivity contribution in [2.45, 2.75) is 32.2 Å². The lowest BCUT2D eigenvalue weighted by molar-refractivity contribution is 0.0936. The molecule has 2 heterocycles. The molecule has 0 fully saturated rings. The Labute approximate surface area is 156 Å². The number of hydrogen-bond donors (Lipinski definition) is 1. The van der Waals surface area contributed by atoms with Gasteiger partial charge in [0.05, 0.1) is 6.04 Å². The van der Waals surface area contributed by atoms with E-state index in [0.717, 1.165) is 24.0 Å². The van der Waals surface area contributed by atoms with Gasteiger partial charge in [0.1, 0.15) is 0 Å². The molecule has 0 saturated carbocycles. The van der Waals surface area contributed by atoms with E-state index in [1.807, 2.05) is 19.1 Å². The first kappa shape index (κ1) is 17.2. The van der Waals surface area contributed by atoms with E-state index in [4.69, 9.17) is 4.52 Å². The summed E-state index contributed by atoms with van der Waals surface area (Å²) in [5.74, 6) is 0.965. The smallest absolute Gasteiger partial charge is 0.252 e. The van der Waals surface area contributed by atoms with Crippen molar-refractivity contribution in [1.82, 2.24) is 20.0 Å². The van der Waals surface area contributed by atoms with Gasteiger partial charge in [-0.3, -0.25) is 9.59 Å². The van der Waals surface area contributed by atoms with Crippen LogP contribution in [-0.4, -0.2) is 20.6 Å². The van der Waals surface area contributed by atoms with Gasteiger partial charge in [-0.05, 0) is 36.1 Å². The number of fused-ring (bicyclic) bond motifs is 1. The summed E-state index contributed by atoms with van der Waals surface area (Å²) in [5, 5.41) is 7.05. The third-order valence-electron chi connectivity index (χ3n) is 4.92. The highest BCUT2D eigenvalue weighted by molar-refractivity contribution is 5.94. The van der Waals surface area contributed by atoms with Crippen molar-refractivity contribution in [3.05, 3.63) is 69.5 Å². The van der Waals surface area contributed by atoms with Gasteiger partial charge in [-0.2, -0.15) is 4.98 Å². The van der Waals surface area contributed by atoms with Crippen LogP contribution in [0, 0.1) is 0 Å². The van der Waals surface area contributed by atoms with Crippen molar-refractivity contribution in [1.29, 1.82) is 0 Å². The summed E-state index contributed by atoms with van der Waals surface area (Å²) >= 11 is 0. The number of rotatable bonds is 4. The van der Waals surface area contributed by atoms with Crippen molar-refractivity contribution in [3.8, 4) is 11.4 Å². The Balaban J connectivity index is 1.54. The van der Waals surface area contributed by atoms with Crippen LogP contribution in [0.25, 0.3) is 11.4 Å². The number of hydrogen-bond acceptors (Lipinski definition) is 5. The summed E-state index contributed by atoms with van der Waals surface area (Å²) in [4.78, 5) is 28.6. The lowest BCUT2D eigenvalue weighted by atomic mass is 10.0. The van der Waals surface area contributed by atoms with Gasteiger partial charge in [-0.1, -0.05) is 24.2 Å². The van der Waals surface area contributed by atoms with Gasteiger partial charge in [-0.25, -0.2) is 0 Å². The third-order valence-corrected chi connectivity index (χ3v) is 4.92. The molecule has 7 nitrogen and oxygen atoms in total. The fourth-order valence-corrected chi connectivity index (χ4v) is 3.35. The van der Waals surface area contributed by atoms with Gasteiger partial charge in [0, 0.05) is 36.9 Å². The summed E-state index contributed by atoms with van der Waals surface area (Å²) in [7, 11) is 1.65. The third kappa shape index (κ3) is 3.28. The number of aromatic nitrogens is 3. The van der Waals surface area contributed by atoms with Crippen LogP contribution in [0.15, 0.2) is 45.8 Å². The van der Waals surface area contributed by atoms with E-state index in [9.17, 15) is 9.59 Å². The number of nitrogens with zero attached hydrogens (tertiary/aromatic N) is 3. The average molecular weight is 364 g/mol. The van der Waals surface area contributed by atoms with Crippen LogP contribution in [0.3, 0.4) is 0 Å². The van der Waals surface area contributed by atoms with Crippen LogP contribution in [-0.2, 0) is 19.9 Å². The van der Waals surface area contributed by atoms with Crippen LogP contribution in [0.2, 0.25) is 0 Å². The molecule has 0 radical (unpaired) electrons. The SMILES string of the molecule is CCc1nc(-c2ccc3c(c2)CC[C@H]3NC(=O)c2ccn(C)c(=O)c2)no1. The van der Waals surface area contributed by atoms with E-state index >= 15 is 0 Å². The number of pyridine rings is 1. The molecule has 2 aromatic heterocycles. The van der Waals surface area contributed by atoms with Crippen molar-refractivity contribution < 1.29 is 9.32 Å². The Kier molecular flexibility index (Phi) is 4.35. The molecule has 1 atom stereocenters. The maximum atomic E-state index is 12.5. The minimum absolute atomic E-state index is 0.0675. The molecule has 0 spiro atoms. The predicted molar refractivity (Wildman–Crippen MR) is 99.3 cm³/mol. The number of carbonyl (C=O) groups is 1. The summed E-state index contributed by atoms with van der Waals surface area (Å²) in [6.45, 7) is 1.97. The van der Waals surface area contributed by atoms with Crippen molar-refractivity contribution in [3.63, 3.8) is 0 Å². The predicted octanol–water partition coefficient (Wildman–Crippen LogP) is 2.42. The van der Waals surface area contributed by atoms with E-state index in [1.165, 1.54) is 16.2 Å². The minimum atomic E-state index is -0.236. The number of benzene rings is 1. The first-order chi connectivity index (χ1) is 13.0. The largest absolute Gasteiger partial charge is 0.345 e. The summed E-state index contributed by atoms with van der Waals surface area (Å²) in [6.07, 6.45) is 3.99. The van der Waals surface area contributed by atoms with Crippen molar-refractivity contribution in [2.75, 3.05) is 0 Å². The summed E-state index contributed by atoms with van der Waals surface area (Å²) in [6, 6.07) is 8.96. The highest BCUT2D eigenvalue weighted by Crippen LogP contribution is 2.33. The maximum Gasteiger partial charge on any atom is 0.252 e. The molecule has 0 bridgehead atoms. The van der Waals surface area contributed by atoms with Gasteiger partial charge in [0.15, 0.2) is 0 Å². The molecular formula is C20H20N4O3. The second kappa shape index (κ2) is 6.83. The Bertz CT molecular complexity index is 1070. The Hall–Kier alpha value is -3.22. The molecule has 0 saturated heterocycles. The first-order valence-electron chi connectivity index (χ1n) is 8.98. The quantitative estimate of drug-likeness (QED) is 0.768. The standard InChI is InChI=1S/C20H20N4O3/c1-3-17-22-19(23-27-17)13-4-6-15-12(10-13)5-7-16(15)21-20(26)14-8-9-24(2)18(25)11-14/h4,6,8-11,16H,3,5,7H2,1-2H3,(H,21,26)/t16-/m1/s1. The zero-order chi connectivity index (χ0) is 19.0. The van der Waals surface area contributed by atoms with Gasteiger partial charge in [0.25, 0.3) is 11.5 Å². The normalized spacial score (nSPS) is 15.6. The molecule has 27 heavy (non-hydrogen) atoms. The lowest BCUT2D eigenvalue weighted by Crippen LogP contribution is -2.28. The fraction of sp³-hybridized carbons (Fsp3) is 0.300. The van der Waals surface area contributed by atoms with Gasteiger partial charge in [-0.15, -0.1) is 0 Å². The Morgan fingerprint density at radius 2 is 2.19 bits per heavy atom. The topological polar surface area (TPSA) is 90.0 Å². The molecule has 0 unspecified atom stereocenters. The first-order valence-corrected chi connectivity index (χ1v) is 8.98. The lowest BCUT2D eigenvalue weighted by Gasteiger charge is -2.14. The summed E-state index contributed by atoms with van der Waals surface area (Å²) < 4.78 is 6.62. The van der Waals surface area contributed by atoms with Crippen LogP contribution in [0.1, 0.15) is 46.8 Å². The minimum Gasteiger partial charge on any atom is -0.345 e. The van der Waals surface area contributed by atoms with Gasteiger partial charge in [0.2, 0.25) is 11.7 Å². The molecule has 7 heteroatoms. The van der Waals surface area contributed by atoms with Crippen molar-refractivity contribution in [2.24, 2.45) is 7.05 Å². The van der Waals surface area contributed by atoms with E-state index in [1.54, 1.807) is 19.3 Å². The molecule has 1 aromatic carbocycles. The van der Waals surface area contributed by atoms with Crippen LogP contribution in [0.4, 0.5) is 0 Å². The van der Waals surface area contributed by atoms with E-state index in [2.05, 4.69) is 21.5 Å². The van der Waals surface area contributed by atoms with Crippen LogP contribution >= 0.6 is 0 Å². The Morgan fingerprint density at radius 3 is 2.93 bits per heavy atom. The van der Waals surface area contributed by atoms with E-state index in [-0.39, 0.29) is 17.5 Å². The average Bonchev–Trinajstić information content (AvgIpc) is 3.30. The monoisotopic (exact) mass is 364 g/mol. The molecule has 3 aromatic rings. The second-order valence-electron chi connectivity index (χ2n) is 6.71. The highest BCUT2D eigenvalue weighted by Gasteiger charge is 2.25. The maximum absolute atomic E-state index is 12.5. The molecule has 4 rings (SSSR count). The molecule has 1 N–H and O–H groups in total. The zero-order valence-corrected chi connectivity index (χ0v) is 15.2. The highest BCUT2D eigenvalue weighted by atomic mass is 16.5. The molecule has 1 aliphatic carbocycles. The fourth-order valence-electron chi connectivity index (χ4n) is 3.35. The van der Waals surface area contributed by atoms with Crippen molar-refractivity contribution >= 4 is 5.91 Å². The second-order valence-corrected chi connectivity index (χ2v) is 6.71. The Morgan fingerprint density at radius 1 is 1.33 bits per heavy atom. The summed E-state index contributed by atoms with van der Waals surface area (Å²) in [5.41, 5.74) is 3.35. The number of aryl methyl sites for hydroxylation is 3. The van der Waals surface area contributed by atoms with Gasteiger partial charge < -0.3 is 14.4 Å².